The Morgan fingerprint density at radius 2 is 1.72 bits per heavy atom. The Kier molecular flexibility index (Phi) is 4.73. The van der Waals surface area contributed by atoms with Crippen LogP contribution < -0.4 is 15.2 Å². The molecule has 2 N–H and O–H groups in total. The first-order chi connectivity index (χ1) is 15.4. The van der Waals surface area contributed by atoms with E-state index in [2.05, 4.69) is 0 Å². The fraction of sp³-hybridized carbons (Fsp3) is 0.231. The zero-order valence-corrected chi connectivity index (χ0v) is 17.6. The fourth-order valence-electron chi connectivity index (χ4n) is 4.37. The highest BCUT2D eigenvalue weighted by atomic mass is 19.1. The maximum absolute atomic E-state index is 14.8. The van der Waals surface area contributed by atoms with Crippen LogP contribution in [0.4, 0.5) is 4.39 Å². The third-order valence-corrected chi connectivity index (χ3v) is 6.43. The number of hydrogen-bond donors (Lipinski definition) is 1. The molecular weight excluding hydrogens is 409 g/mol. The third-order valence-electron chi connectivity index (χ3n) is 6.43. The Balaban J connectivity index is 1.43. The Morgan fingerprint density at radius 1 is 1.00 bits per heavy atom. The molecule has 3 aromatic rings. The van der Waals surface area contributed by atoms with E-state index in [1.807, 2.05) is 25.1 Å². The molecule has 0 bridgehead atoms. The number of hydrogen-bond acceptors (Lipinski definition) is 4. The van der Waals surface area contributed by atoms with Crippen molar-refractivity contribution in [3.05, 3.63) is 82.7 Å². The summed E-state index contributed by atoms with van der Waals surface area (Å²) in [4.78, 5) is 24.6. The van der Waals surface area contributed by atoms with Crippen LogP contribution in [-0.2, 0) is 16.6 Å². The van der Waals surface area contributed by atoms with Gasteiger partial charge < -0.3 is 15.2 Å². The largest absolute Gasteiger partial charge is 0.454 e. The molecule has 5 nitrogen and oxygen atoms in total. The van der Waals surface area contributed by atoms with Crippen LogP contribution in [0.25, 0.3) is 11.1 Å². The zero-order chi connectivity index (χ0) is 22.5. The van der Waals surface area contributed by atoms with Crippen LogP contribution in [0.2, 0.25) is 0 Å². The van der Waals surface area contributed by atoms with Crippen molar-refractivity contribution < 1.29 is 23.5 Å². The van der Waals surface area contributed by atoms with Crippen molar-refractivity contribution in [2.75, 3.05) is 6.79 Å². The second kappa shape index (κ2) is 7.48. The van der Waals surface area contributed by atoms with E-state index < -0.39 is 17.1 Å². The van der Waals surface area contributed by atoms with Crippen molar-refractivity contribution in [1.82, 2.24) is 0 Å². The molecule has 1 saturated carbocycles. The number of ketones is 1. The van der Waals surface area contributed by atoms with Crippen LogP contribution in [0.1, 0.15) is 39.9 Å². The van der Waals surface area contributed by atoms with Gasteiger partial charge in [0, 0.05) is 12.0 Å². The predicted molar refractivity (Wildman–Crippen MR) is 117 cm³/mol. The topological polar surface area (TPSA) is 78.6 Å². The second-order valence-corrected chi connectivity index (χ2v) is 8.45. The molecule has 32 heavy (non-hydrogen) atoms. The number of fused-ring (bicyclic) bond motifs is 1. The Morgan fingerprint density at radius 3 is 2.41 bits per heavy atom. The molecular formula is C26H22FNO4. The average molecular weight is 431 g/mol. The Labute approximate surface area is 185 Å². The number of carbonyl (C=O) groups is 2. The number of aryl methyl sites for hydroxylation is 1. The highest BCUT2D eigenvalue weighted by Crippen LogP contribution is 2.51. The molecule has 0 spiro atoms. The molecule has 3 aromatic carbocycles. The second-order valence-electron chi connectivity index (χ2n) is 8.45. The number of rotatable bonds is 6. The number of ether oxygens (including phenoxy) is 2. The predicted octanol–water partition coefficient (Wildman–Crippen LogP) is 4.47. The van der Waals surface area contributed by atoms with Gasteiger partial charge in [-0.3, -0.25) is 9.59 Å². The summed E-state index contributed by atoms with van der Waals surface area (Å²) in [6.45, 7) is 2.00. The number of amides is 1. The number of halogens is 1. The summed E-state index contributed by atoms with van der Waals surface area (Å²) >= 11 is 0. The van der Waals surface area contributed by atoms with Crippen LogP contribution in [-0.4, -0.2) is 18.5 Å². The van der Waals surface area contributed by atoms with Crippen LogP contribution >= 0.6 is 0 Å². The Hall–Kier alpha value is -3.67. The van der Waals surface area contributed by atoms with Crippen LogP contribution in [0.5, 0.6) is 11.5 Å². The van der Waals surface area contributed by atoms with Crippen molar-refractivity contribution in [3.8, 4) is 22.6 Å². The first-order valence-electron chi connectivity index (χ1n) is 10.5. The van der Waals surface area contributed by atoms with Crippen molar-refractivity contribution in [3.63, 3.8) is 0 Å². The molecule has 1 heterocycles. The number of carbonyl (C=O) groups excluding carboxylic acids is 2. The molecule has 0 aromatic heterocycles. The molecule has 5 rings (SSSR count). The summed E-state index contributed by atoms with van der Waals surface area (Å²) in [6.07, 6.45) is 1.48. The van der Waals surface area contributed by atoms with Gasteiger partial charge in [0.1, 0.15) is 11.6 Å². The Bertz CT molecular complexity index is 1250. The number of nitrogens with two attached hydrogens (primary N) is 1. The van der Waals surface area contributed by atoms with E-state index in [1.165, 1.54) is 6.07 Å². The van der Waals surface area contributed by atoms with Gasteiger partial charge in [0.2, 0.25) is 12.7 Å². The number of Topliss-reactive ketones (excluding diaryl/α,β-unsaturated/α-hetero) is 1. The quantitative estimate of drug-likeness (QED) is 0.625. The first-order valence-corrected chi connectivity index (χ1v) is 10.5. The summed E-state index contributed by atoms with van der Waals surface area (Å²) in [5.74, 6) is 0.416. The lowest BCUT2D eigenvalue weighted by Gasteiger charge is -2.17. The number of primary amides is 1. The van der Waals surface area contributed by atoms with Crippen LogP contribution in [0.3, 0.4) is 0 Å². The minimum absolute atomic E-state index is 0.00542. The highest BCUT2D eigenvalue weighted by Gasteiger charge is 2.51. The van der Waals surface area contributed by atoms with Gasteiger partial charge in [-0.2, -0.15) is 0 Å². The van der Waals surface area contributed by atoms with Crippen molar-refractivity contribution >= 4 is 11.7 Å². The van der Waals surface area contributed by atoms with E-state index in [9.17, 15) is 14.0 Å². The highest BCUT2D eigenvalue weighted by molar-refractivity contribution is 5.95. The maximum Gasteiger partial charge on any atom is 0.248 e. The van der Waals surface area contributed by atoms with Gasteiger partial charge >= 0.3 is 0 Å². The van der Waals surface area contributed by atoms with Crippen molar-refractivity contribution in [1.29, 1.82) is 0 Å². The van der Waals surface area contributed by atoms with Gasteiger partial charge in [-0.1, -0.05) is 18.2 Å². The summed E-state index contributed by atoms with van der Waals surface area (Å²) in [6, 6.07) is 15.6. The first kappa shape index (κ1) is 20.2. The third kappa shape index (κ3) is 3.42. The lowest BCUT2D eigenvalue weighted by molar-refractivity contribution is -0.120. The van der Waals surface area contributed by atoms with E-state index >= 15 is 0 Å². The molecule has 0 atom stereocenters. The van der Waals surface area contributed by atoms with E-state index in [1.54, 1.807) is 30.3 Å². The normalized spacial score (nSPS) is 15.4. The van der Waals surface area contributed by atoms with Gasteiger partial charge in [0.05, 0.1) is 5.41 Å². The fourth-order valence-corrected chi connectivity index (χ4v) is 4.37. The van der Waals surface area contributed by atoms with Gasteiger partial charge in [0.15, 0.2) is 11.5 Å². The van der Waals surface area contributed by atoms with Gasteiger partial charge in [-0.25, -0.2) is 4.39 Å². The minimum atomic E-state index is -0.596. The molecule has 1 aliphatic carbocycles. The van der Waals surface area contributed by atoms with Gasteiger partial charge in [-0.15, -0.1) is 0 Å². The molecule has 0 saturated heterocycles. The van der Waals surface area contributed by atoms with E-state index in [-0.39, 0.29) is 19.0 Å². The minimum Gasteiger partial charge on any atom is -0.454 e. The summed E-state index contributed by atoms with van der Waals surface area (Å²) in [5, 5.41) is 0. The molecule has 1 fully saturated rings. The number of benzene rings is 3. The van der Waals surface area contributed by atoms with Crippen LogP contribution in [0, 0.1) is 12.7 Å². The lowest BCUT2D eigenvalue weighted by atomic mass is 9.86. The van der Waals surface area contributed by atoms with E-state index in [4.69, 9.17) is 15.2 Å². The van der Waals surface area contributed by atoms with Gasteiger partial charge in [0.25, 0.3) is 0 Å². The summed E-state index contributed by atoms with van der Waals surface area (Å²) in [5.41, 5.74) is 8.78. The maximum atomic E-state index is 14.8. The van der Waals surface area contributed by atoms with Gasteiger partial charge in [-0.05, 0) is 84.0 Å². The molecule has 1 amide bonds. The van der Waals surface area contributed by atoms with Crippen LogP contribution in [0.15, 0.2) is 54.6 Å². The summed E-state index contributed by atoms with van der Waals surface area (Å²) in [7, 11) is 0. The van der Waals surface area contributed by atoms with E-state index in [0.29, 0.717) is 22.6 Å². The monoisotopic (exact) mass is 431 g/mol. The smallest absolute Gasteiger partial charge is 0.248 e. The summed E-state index contributed by atoms with van der Waals surface area (Å²) < 4.78 is 25.6. The molecule has 2 aliphatic rings. The molecule has 0 radical (unpaired) electrons. The SMILES string of the molecule is Cc1cc(F)c(CC(=O)C2(c3ccc4c(c3)OCO4)CC2)cc1-c1ccc(C(N)=O)cc1. The van der Waals surface area contributed by atoms with E-state index in [0.717, 1.165) is 35.1 Å². The van der Waals surface area contributed by atoms with Crippen molar-refractivity contribution in [2.24, 2.45) is 5.73 Å². The molecule has 6 heteroatoms. The average Bonchev–Trinajstić information content (AvgIpc) is 3.46. The zero-order valence-electron chi connectivity index (χ0n) is 17.6. The standard InChI is InChI=1S/C26H22FNO4/c1-15-10-21(27)18(11-20(15)16-2-4-17(5-3-16)25(28)30)12-24(29)26(8-9-26)19-6-7-22-23(13-19)32-14-31-22/h2-7,10-11,13H,8-9,12,14H2,1H3,(H2,28,30). The molecule has 0 unspecified atom stereocenters. The molecule has 1 aliphatic heterocycles. The lowest BCUT2D eigenvalue weighted by Crippen LogP contribution is -2.23. The van der Waals surface area contributed by atoms with Crippen molar-refractivity contribution in [2.45, 2.75) is 31.6 Å². The molecule has 162 valence electrons.